The van der Waals surface area contributed by atoms with Crippen LogP contribution in [0, 0.1) is 24.7 Å². The Balaban J connectivity index is 1.69. The van der Waals surface area contributed by atoms with Gasteiger partial charge in [-0.05, 0) is 63.2 Å². The Kier molecular flexibility index (Phi) is 3.99. The van der Waals surface area contributed by atoms with Crippen LogP contribution in [0.4, 0.5) is 13.2 Å². The fourth-order valence-electron chi connectivity index (χ4n) is 6.10. The van der Waals surface area contributed by atoms with Crippen molar-refractivity contribution in [3.05, 3.63) is 35.7 Å². The van der Waals surface area contributed by atoms with Gasteiger partial charge in [0.2, 0.25) is 0 Å². The molecular formula is C20H22F3N3O2S. The molecule has 0 spiro atoms. The number of alkyl halides is 3. The highest BCUT2D eigenvalue weighted by Gasteiger charge is 2.57. The van der Waals surface area contributed by atoms with E-state index in [1.807, 2.05) is 6.92 Å². The molecule has 9 heteroatoms. The van der Waals surface area contributed by atoms with E-state index >= 15 is 0 Å². The third-order valence-corrected chi connectivity index (χ3v) is 8.22. The van der Waals surface area contributed by atoms with Crippen LogP contribution >= 0.6 is 0 Å². The van der Waals surface area contributed by atoms with Crippen LogP contribution in [-0.2, 0) is 15.4 Å². The van der Waals surface area contributed by atoms with E-state index in [1.165, 1.54) is 0 Å². The summed E-state index contributed by atoms with van der Waals surface area (Å²) in [6.07, 6.45) is 5.34. The van der Waals surface area contributed by atoms with Crippen LogP contribution in [-0.4, -0.2) is 28.1 Å². The summed E-state index contributed by atoms with van der Waals surface area (Å²) < 4.78 is 65.4. The molecule has 1 heterocycles. The van der Waals surface area contributed by atoms with Crippen molar-refractivity contribution < 1.29 is 21.6 Å². The van der Waals surface area contributed by atoms with Crippen LogP contribution in [0.5, 0.6) is 0 Å². The van der Waals surface area contributed by atoms with Crippen molar-refractivity contribution in [2.75, 3.05) is 0 Å². The Morgan fingerprint density at radius 1 is 1.00 bits per heavy atom. The van der Waals surface area contributed by atoms with E-state index in [9.17, 15) is 21.6 Å². The summed E-state index contributed by atoms with van der Waals surface area (Å²) in [7, 11) is -5.65. The zero-order valence-electron chi connectivity index (χ0n) is 16.0. The van der Waals surface area contributed by atoms with E-state index in [-0.39, 0.29) is 15.7 Å². The largest absolute Gasteiger partial charge is 0.518 e. The summed E-state index contributed by atoms with van der Waals surface area (Å²) in [5.41, 5.74) is -4.57. The Morgan fingerprint density at radius 3 is 2.00 bits per heavy atom. The van der Waals surface area contributed by atoms with Crippen LogP contribution in [0.15, 0.2) is 24.3 Å². The molecule has 156 valence electrons. The van der Waals surface area contributed by atoms with Crippen LogP contribution in [0.2, 0.25) is 0 Å². The number of halogens is 3. The fourth-order valence-corrected chi connectivity index (χ4v) is 6.94. The second-order valence-corrected chi connectivity index (χ2v) is 10.9. The van der Waals surface area contributed by atoms with Crippen molar-refractivity contribution in [3.63, 3.8) is 0 Å². The molecule has 1 aromatic carbocycles. The van der Waals surface area contributed by atoms with Gasteiger partial charge in [-0.25, -0.2) is 4.98 Å². The standard InChI is InChI=1S/C20H22F3N3O2S/c1-12-2-4-16(5-3-12)17-24-18(26(25-17)29(27,28)20(21,22)23)19-9-13-6-14(10-19)8-15(7-13)11-19/h2-5,13-15H,6-11H2,1H3. The Morgan fingerprint density at radius 2 is 1.52 bits per heavy atom. The van der Waals surface area contributed by atoms with Crippen LogP contribution < -0.4 is 0 Å². The zero-order chi connectivity index (χ0) is 20.6. The van der Waals surface area contributed by atoms with Gasteiger partial charge in [0.25, 0.3) is 0 Å². The first-order chi connectivity index (χ1) is 13.6. The average molecular weight is 425 g/mol. The van der Waals surface area contributed by atoms with Gasteiger partial charge < -0.3 is 0 Å². The van der Waals surface area contributed by atoms with Gasteiger partial charge in [0.15, 0.2) is 11.6 Å². The van der Waals surface area contributed by atoms with Gasteiger partial charge in [-0.1, -0.05) is 29.8 Å². The lowest BCUT2D eigenvalue weighted by Gasteiger charge is -2.56. The summed E-state index contributed by atoms with van der Waals surface area (Å²) in [6, 6.07) is 7.02. The minimum atomic E-state index is -5.65. The molecule has 0 radical (unpaired) electrons. The molecule has 4 fully saturated rings. The predicted molar refractivity (Wildman–Crippen MR) is 100 cm³/mol. The molecule has 1 aromatic heterocycles. The minimum Gasteiger partial charge on any atom is -0.210 e. The van der Waals surface area contributed by atoms with Crippen molar-refractivity contribution in [2.24, 2.45) is 17.8 Å². The monoisotopic (exact) mass is 425 g/mol. The smallest absolute Gasteiger partial charge is 0.210 e. The first kappa shape index (κ1) is 19.1. The summed E-state index contributed by atoms with van der Waals surface area (Å²) in [6.45, 7) is 1.89. The molecule has 0 unspecified atom stereocenters. The van der Waals surface area contributed by atoms with Gasteiger partial charge >= 0.3 is 15.5 Å². The Bertz CT molecular complexity index is 1020. The number of hydrogen-bond donors (Lipinski definition) is 0. The number of benzene rings is 1. The molecule has 0 amide bonds. The minimum absolute atomic E-state index is 0.0236. The molecule has 0 aliphatic heterocycles. The van der Waals surface area contributed by atoms with E-state index in [4.69, 9.17) is 0 Å². The summed E-state index contributed by atoms with van der Waals surface area (Å²) in [4.78, 5) is 4.45. The summed E-state index contributed by atoms with van der Waals surface area (Å²) >= 11 is 0. The first-order valence-electron chi connectivity index (χ1n) is 9.94. The first-order valence-corrected chi connectivity index (χ1v) is 11.4. The number of nitrogens with zero attached hydrogens (tertiary/aromatic N) is 3. The van der Waals surface area contributed by atoms with Crippen molar-refractivity contribution >= 4 is 10.0 Å². The number of aromatic nitrogens is 3. The van der Waals surface area contributed by atoms with Crippen molar-refractivity contribution in [2.45, 2.75) is 56.4 Å². The molecule has 0 atom stereocenters. The van der Waals surface area contributed by atoms with E-state index in [0.717, 1.165) is 24.8 Å². The van der Waals surface area contributed by atoms with Crippen molar-refractivity contribution in [1.82, 2.24) is 14.2 Å². The molecule has 2 aromatic rings. The number of rotatable bonds is 3. The molecule has 4 aliphatic rings. The highest BCUT2D eigenvalue weighted by Crippen LogP contribution is 2.60. The predicted octanol–water partition coefficient (Wildman–Crippen LogP) is 4.42. The SMILES string of the molecule is Cc1ccc(-c2nc(C34CC5CC(CC(C5)C3)C4)n(S(=O)(=O)C(F)(F)F)n2)cc1. The molecule has 29 heavy (non-hydrogen) atoms. The molecule has 0 N–H and O–H groups in total. The maximum Gasteiger partial charge on any atom is 0.518 e. The molecule has 4 aliphatic carbocycles. The topological polar surface area (TPSA) is 64.8 Å². The summed E-state index contributed by atoms with van der Waals surface area (Å²) in [5.74, 6) is 1.31. The van der Waals surface area contributed by atoms with Gasteiger partial charge in [0.05, 0.1) is 0 Å². The lowest BCUT2D eigenvalue weighted by Crippen LogP contribution is -2.50. The van der Waals surface area contributed by atoms with Crippen molar-refractivity contribution in [1.29, 1.82) is 0 Å². The highest BCUT2D eigenvalue weighted by molar-refractivity contribution is 7.90. The normalized spacial score (nSPS) is 31.4. The molecule has 5 nitrogen and oxygen atoms in total. The summed E-state index contributed by atoms with van der Waals surface area (Å²) in [5, 5.41) is 3.90. The van der Waals surface area contributed by atoms with Gasteiger partial charge in [-0.2, -0.15) is 21.6 Å². The van der Waals surface area contributed by atoms with Crippen molar-refractivity contribution in [3.8, 4) is 11.4 Å². The second kappa shape index (κ2) is 6.06. The second-order valence-electron chi connectivity index (χ2n) is 9.12. The number of aryl methyl sites for hydroxylation is 1. The van der Waals surface area contributed by atoms with Gasteiger partial charge in [-0.15, -0.1) is 9.19 Å². The lowest BCUT2D eigenvalue weighted by atomic mass is 9.49. The molecule has 4 saturated carbocycles. The van der Waals surface area contributed by atoms with E-state index in [0.29, 0.717) is 42.6 Å². The van der Waals surface area contributed by atoms with Crippen LogP contribution in [0.3, 0.4) is 0 Å². The van der Waals surface area contributed by atoms with Crippen LogP contribution in [0.1, 0.15) is 49.9 Å². The maximum atomic E-state index is 13.5. The quantitative estimate of drug-likeness (QED) is 0.730. The molecule has 6 rings (SSSR count). The van der Waals surface area contributed by atoms with Gasteiger partial charge in [0, 0.05) is 11.0 Å². The van der Waals surface area contributed by atoms with E-state index < -0.39 is 20.9 Å². The maximum absolute atomic E-state index is 13.5. The fraction of sp³-hybridized carbons (Fsp3) is 0.600. The third kappa shape index (κ3) is 2.92. The Labute approximate surface area is 167 Å². The highest BCUT2D eigenvalue weighted by atomic mass is 32.2. The lowest BCUT2D eigenvalue weighted by molar-refractivity contribution is -0.0457. The van der Waals surface area contributed by atoms with Gasteiger partial charge in [0.1, 0.15) is 0 Å². The Hall–Kier alpha value is -1.90. The number of hydrogen-bond acceptors (Lipinski definition) is 4. The van der Waals surface area contributed by atoms with E-state index in [2.05, 4.69) is 10.1 Å². The third-order valence-electron chi connectivity index (χ3n) is 6.92. The van der Waals surface area contributed by atoms with Crippen LogP contribution in [0.25, 0.3) is 11.4 Å². The molecular weight excluding hydrogens is 403 g/mol. The average Bonchev–Trinajstić information content (AvgIpc) is 3.07. The van der Waals surface area contributed by atoms with Gasteiger partial charge in [-0.3, -0.25) is 0 Å². The zero-order valence-corrected chi connectivity index (χ0v) is 16.8. The molecule has 0 saturated heterocycles. The van der Waals surface area contributed by atoms with E-state index in [1.54, 1.807) is 24.3 Å². The molecule has 4 bridgehead atoms.